The highest BCUT2D eigenvalue weighted by Gasteiger charge is 2.29. The average molecular weight is 317 g/mol. The third-order valence-electron chi connectivity index (χ3n) is 4.09. The van der Waals surface area contributed by atoms with Gasteiger partial charge in [-0.05, 0) is 31.7 Å². The molecule has 23 heavy (non-hydrogen) atoms. The largest absolute Gasteiger partial charge is 0.497 e. The van der Waals surface area contributed by atoms with Crippen LogP contribution in [-0.4, -0.2) is 42.3 Å². The fraction of sp³-hybridized carbons (Fsp3) is 0.500. The molecule has 1 aromatic carbocycles. The van der Waals surface area contributed by atoms with Gasteiger partial charge in [-0.3, -0.25) is 10.3 Å². The van der Waals surface area contributed by atoms with Crippen molar-refractivity contribution in [3.05, 3.63) is 41.5 Å². The second kappa shape index (κ2) is 7.08. The Morgan fingerprint density at radius 1 is 1.35 bits per heavy atom. The first-order valence-corrected chi connectivity index (χ1v) is 7.76. The lowest BCUT2D eigenvalue weighted by Crippen LogP contribution is -2.30. The van der Waals surface area contributed by atoms with Crippen LogP contribution >= 0.6 is 0 Å². The molecule has 0 amide bonds. The van der Waals surface area contributed by atoms with Crippen LogP contribution in [0.1, 0.15) is 23.3 Å². The van der Waals surface area contributed by atoms with Crippen molar-refractivity contribution in [1.82, 2.24) is 25.9 Å². The molecule has 1 aliphatic rings. The number of hydrazine groups is 1. The molecule has 2 heterocycles. The first kappa shape index (κ1) is 15.9. The SMILES string of the molecule is COc1ccc(C2NNCC2CN(C)Cc2nc(C)no2)cc1. The van der Waals surface area contributed by atoms with Crippen LogP contribution in [0.5, 0.6) is 5.75 Å². The molecule has 124 valence electrons. The van der Waals surface area contributed by atoms with Crippen LogP contribution < -0.4 is 15.6 Å². The van der Waals surface area contributed by atoms with Crippen LogP contribution in [0, 0.1) is 12.8 Å². The number of ether oxygens (including phenoxy) is 1. The molecule has 2 aromatic rings. The third-order valence-corrected chi connectivity index (χ3v) is 4.09. The van der Waals surface area contributed by atoms with E-state index in [1.807, 2.05) is 19.1 Å². The molecule has 2 N–H and O–H groups in total. The summed E-state index contributed by atoms with van der Waals surface area (Å²) in [7, 11) is 3.75. The quantitative estimate of drug-likeness (QED) is 0.831. The van der Waals surface area contributed by atoms with E-state index in [1.165, 1.54) is 5.56 Å². The Balaban J connectivity index is 1.61. The maximum absolute atomic E-state index is 5.22. The van der Waals surface area contributed by atoms with Gasteiger partial charge in [0.25, 0.3) is 0 Å². The molecule has 0 aliphatic carbocycles. The van der Waals surface area contributed by atoms with Gasteiger partial charge < -0.3 is 9.26 Å². The van der Waals surface area contributed by atoms with Crippen LogP contribution in [-0.2, 0) is 6.54 Å². The van der Waals surface area contributed by atoms with Crippen LogP contribution in [0.4, 0.5) is 0 Å². The minimum atomic E-state index is 0.271. The zero-order valence-electron chi connectivity index (χ0n) is 13.7. The topological polar surface area (TPSA) is 75.5 Å². The summed E-state index contributed by atoms with van der Waals surface area (Å²) in [4.78, 5) is 6.47. The van der Waals surface area contributed by atoms with E-state index in [0.29, 0.717) is 24.2 Å². The van der Waals surface area contributed by atoms with Crippen molar-refractivity contribution >= 4 is 0 Å². The number of methoxy groups -OCH3 is 1. The molecule has 1 saturated heterocycles. The van der Waals surface area contributed by atoms with E-state index in [1.54, 1.807) is 7.11 Å². The number of aromatic nitrogens is 2. The second-order valence-electron chi connectivity index (χ2n) is 5.97. The van der Waals surface area contributed by atoms with E-state index in [9.17, 15) is 0 Å². The standard InChI is InChI=1S/C16H23N5O2/c1-11-18-15(23-20-11)10-21(2)9-13-8-17-19-16(13)12-4-6-14(22-3)7-5-12/h4-7,13,16-17,19H,8-10H2,1-3H3. The highest BCUT2D eigenvalue weighted by molar-refractivity contribution is 5.30. The summed E-state index contributed by atoms with van der Waals surface area (Å²) < 4.78 is 10.4. The molecule has 0 bridgehead atoms. The lowest BCUT2D eigenvalue weighted by Gasteiger charge is -2.24. The summed E-state index contributed by atoms with van der Waals surface area (Å²) in [5.74, 6) is 2.66. The average Bonchev–Trinajstić information content (AvgIpc) is 3.16. The minimum absolute atomic E-state index is 0.271. The molecule has 3 rings (SSSR count). The second-order valence-corrected chi connectivity index (χ2v) is 5.97. The lowest BCUT2D eigenvalue weighted by molar-refractivity contribution is 0.228. The molecule has 7 heteroatoms. The van der Waals surface area contributed by atoms with Gasteiger partial charge in [-0.2, -0.15) is 4.98 Å². The number of benzene rings is 1. The predicted octanol–water partition coefficient (Wildman–Crippen LogP) is 1.28. The number of nitrogens with one attached hydrogen (secondary N) is 2. The van der Waals surface area contributed by atoms with E-state index in [0.717, 1.165) is 18.8 Å². The Labute approximate surface area is 136 Å². The van der Waals surface area contributed by atoms with Gasteiger partial charge in [-0.15, -0.1) is 0 Å². The molecule has 2 unspecified atom stereocenters. The molecule has 0 radical (unpaired) electrons. The molecule has 1 fully saturated rings. The Morgan fingerprint density at radius 2 is 2.13 bits per heavy atom. The smallest absolute Gasteiger partial charge is 0.240 e. The van der Waals surface area contributed by atoms with Crippen molar-refractivity contribution in [2.24, 2.45) is 5.92 Å². The highest BCUT2D eigenvalue weighted by atomic mass is 16.5. The van der Waals surface area contributed by atoms with Gasteiger partial charge in [0.1, 0.15) is 5.75 Å². The zero-order valence-corrected chi connectivity index (χ0v) is 13.7. The summed E-state index contributed by atoms with van der Waals surface area (Å²) in [5, 5.41) is 3.83. The van der Waals surface area contributed by atoms with Gasteiger partial charge in [0, 0.05) is 19.0 Å². The van der Waals surface area contributed by atoms with Gasteiger partial charge in [0.2, 0.25) is 5.89 Å². The Kier molecular flexibility index (Phi) is 4.90. The van der Waals surface area contributed by atoms with Crippen molar-refractivity contribution in [1.29, 1.82) is 0 Å². The Bertz CT molecular complexity index is 628. The van der Waals surface area contributed by atoms with Crippen molar-refractivity contribution in [3.8, 4) is 5.75 Å². The maximum Gasteiger partial charge on any atom is 0.240 e. The molecule has 1 aliphatic heterocycles. The van der Waals surface area contributed by atoms with Gasteiger partial charge in [0.05, 0.1) is 19.7 Å². The fourth-order valence-electron chi connectivity index (χ4n) is 2.97. The highest BCUT2D eigenvalue weighted by Crippen LogP contribution is 2.27. The monoisotopic (exact) mass is 317 g/mol. The Hall–Kier alpha value is -1.96. The Morgan fingerprint density at radius 3 is 2.78 bits per heavy atom. The molecular weight excluding hydrogens is 294 g/mol. The van der Waals surface area contributed by atoms with E-state index >= 15 is 0 Å². The van der Waals surface area contributed by atoms with Crippen molar-refractivity contribution < 1.29 is 9.26 Å². The minimum Gasteiger partial charge on any atom is -0.497 e. The van der Waals surface area contributed by atoms with Crippen molar-refractivity contribution in [2.45, 2.75) is 19.5 Å². The van der Waals surface area contributed by atoms with Crippen LogP contribution in [0.2, 0.25) is 0 Å². The fourth-order valence-corrected chi connectivity index (χ4v) is 2.97. The molecule has 0 saturated carbocycles. The number of hydrogen-bond donors (Lipinski definition) is 2. The molecular formula is C16H23N5O2. The van der Waals surface area contributed by atoms with Crippen LogP contribution in [0.3, 0.4) is 0 Å². The van der Waals surface area contributed by atoms with Gasteiger partial charge in [-0.1, -0.05) is 17.3 Å². The first-order valence-electron chi connectivity index (χ1n) is 7.76. The predicted molar refractivity (Wildman–Crippen MR) is 85.7 cm³/mol. The van der Waals surface area contributed by atoms with E-state index in [4.69, 9.17) is 9.26 Å². The van der Waals surface area contributed by atoms with Crippen LogP contribution in [0.25, 0.3) is 0 Å². The number of rotatable bonds is 6. The summed E-state index contributed by atoms with van der Waals surface area (Å²) >= 11 is 0. The summed E-state index contributed by atoms with van der Waals surface area (Å²) in [6, 6.07) is 8.48. The van der Waals surface area contributed by atoms with Gasteiger partial charge >= 0.3 is 0 Å². The number of hydrogen-bond acceptors (Lipinski definition) is 7. The lowest BCUT2D eigenvalue weighted by atomic mass is 9.94. The summed E-state index contributed by atoms with van der Waals surface area (Å²) in [5.41, 5.74) is 7.88. The first-order chi connectivity index (χ1) is 11.2. The maximum atomic E-state index is 5.22. The van der Waals surface area contributed by atoms with Crippen molar-refractivity contribution in [2.75, 3.05) is 27.2 Å². The zero-order chi connectivity index (χ0) is 16.2. The summed E-state index contributed by atoms with van der Waals surface area (Å²) in [6.07, 6.45) is 0. The van der Waals surface area contributed by atoms with Crippen LogP contribution in [0.15, 0.2) is 28.8 Å². The molecule has 1 aromatic heterocycles. The normalized spacial score (nSPS) is 21.0. The molecule has 2 atom stereocenters. The molecule has 0 spiro atoms. The van der Waals surface area contributed by atoms with Gasteiger partial charge in [0.15, 0.2) is 5.82 Å². The number of aryl methyl sites for hydroxylation is 1. The number of nitrogens with zero attached hydrogens (tertiary/aromatic N) is 3. The van der Waals surface area contributed by atoms with E-state index in [-0.39, 0.29) is 6.04 Å². The van der Waals surface area contributed by atoms with E-state index < -0.39 is 0 Å². The van der Waals surface area contributed by atoms with Gasteiger partial charge in [-0.25, -0.2) is 5.43 Å². The summed E-state index contributed by atoms with van der Waals surface area (Å²) in [6.45, 7) is 4.34. The molecule has 7 nitrogen and oxygen atoms in total. The third kappa shape index (κ3) is 3.87. The van der Waals surface area contributed by atoms with E-state index in [2.05, 4.69) is 45.1 Å². The van der Waals surface area contributed by atoms with Crippen molar-refractivity contribution in [3.63, 3.8) is 0 Å².